The van der Waals surface area contributed by atoms with E-state index in [0.717, 1.165) is 10.9 Å². The number of hydrogen-bond donors (Lipinski definition) is 2. The predicted molar refractivity (Wildman–Crippen MR) is 86.9 cm³/mol. The third kappa shape index (κ3) is 2.67. The molecule has 0 bridgehead atoms. The molecule has 0 spiro atoms. The molecular weight excluding hydrogens is 278 g/mol. The van der Waals surface area contributed by atoms with E-state index in [1.165, 1.54) is 6.33 Å². The van der Waals surface area contributed by atoms with Gasteiger partial charge in [-0.05, 0) is 12.1 Å². The van der Waals surface area contributed by atoms with Gasteiger partial charge < -0.3 is 15.8 Å². The average Bonchev–Trinajstić information content (AvgIpc) is 2.56. The Labute approximate surface area is 127 Å². The number of hydrogen-bond acceptors (Lipinski definition) is 6. The lowest BCUT2D eigenvalue weighted by molar-refractivity contribution is 0.469. The Kier molecular flexibility index (Phi) is 3.82. The molecule has 0 amide bonds. The van der Waals surface area contributed by atoms with Crippen molar-refractivity contribution in [2.75, 3.05) is 17.6 Å². The van der Waals surface area contributed by atoms with Crippen molar-refractivity contribution in [3.05, 3.63) is 55.5 Å². The van der Waals surface area contributed by atoms with Crippen LogP contribution in [0.2, 0.25) is 0 Å². The number of pyridine rings is 1. The zero-order chi connectivity index (χ0) is 15.4. The van der Waals surface area contributed by atoms with Gasteiger partial charge in [-0.2, -0.15) is 4.98 Å². The highest BCUT2D eigenvalue weighted by Gasteiger charge is 2.11. The van der Waals surface area contributed by atoms with E-state index >= 15 is 0 Å². The van der Waals surface area contributed by atoms with Gasteiger partial charge in [0.25, 0.3) is 0 Å². The van der Waals surface area contributed by atoms with Crippen LogP contribution in [-0.2, 0) is 0 Å². The summed E-state index contributed by atoms with van der Waals surface area (Å²) in [6.07, 6.45) is 4.84. The Bertz CT molecular complexity index is 813. The molecule has 0 aliphatic carbocycles. The predicted octanol–water partition coefficient (Wildman–Crippen LogP) is 3.00. The molecule has 110 valence electrons. The zero-order valence-corrected chi connectivity index (χ0v) is 11.9. The van der Waals surface area contributed by atoms with E-state index in [-0.39, 0.29) is 0 Å². The monoisotopic (exact) mass is 293 g/mol. The van der Waals surface area contributed by atoms with Gasteiger partial charge >= 0.3 is 0 Å². The van der Waals surface area contributed by atoms with Crippen molar-refractivity contribution in [2.24, 2.45) is 0 Å². The summed E-state index contributed by atoms with van der Waals surface area (Å²) < 4.78 is 5.84. The molecule has 0 unspecified atom stereocenters. The lowest BCUT2D eigenvalue weighted by Crippen LogP contribution is -2.06. The maximum Gasteiger partial charge on any atom is 0.248 e. The van der Waals surface area contributed by atoms with Crippen molar-refractivity contribution in [1.82, 2.24) is 15.0 Å². The summed E-state index contributed by atoms with van der Waals surface area (Å²) >= 11 is 0. The molecule has 2 aromatic heterocycles. The van der Waals surface area contributed by atoms with Crippen LogP contribution in [0.4, 0.5) is 11.5 Å². The number of ether oxygens (including phenoxy) is 1. The molecule has 2 heterocycles. The van der Waals surface area contributed by atoms with Gasteiger partial charge in [0.05, 0.1) is 0 Å². The summed E-state index contributed by atoms with van der Waals surface area (Å²) in [5.41, 5.74) is 7.15. The summed E-state index contributed by atoms with van der Waals surface area (Å²) in [5.74, 6) is 1.40. The van der Waals surface area contributed by atoms with Gasteiger partial charge in [-0.25, -0.2) is 4.98 Å². The first-order valence-corrected chi connectivity index (χ1v) is 6.76. The Morgan fingerprint density at radius 1 is 1.18 bits per heavy atom. The van der Waals surface area contributed by atoms with Gasteiger partial charge in [-0.15, -0.1) is 6.58 Å². The van der Waals surface area contributed by atoms with Gasteiger partial charge in [0.2, 0.25) is 5.88 Å². The number of aromatic nitrogens is 3. The Hall–Kier alpha value is -3.15. The molecule has 22 heavy (non-hydrogen) atoms. The number of nitrogens with two attached hydrogens (primary N) is 1. The SMILES string of the molecule is C=CCNc1ncnc(Oc2cccc3cccnc23)c1N. The van der Waals surface area contributed by atoms with Crippen LogP contribution in [0.15, 0.2) is 55.5 Å². The largest absolute Gasteiger partial charge is 0.435 e. The van der Waals surface area contributed by atoms with Crippen molar-refractivity contribution in [3.63, 3.8) is 0 Å². The van der Waals surface area contributed by atoms with Crippen LogP contribution >= 0.6 is 0 Å². The zero-order valence-electron chi connectivity index (χ0n) is 11.9. The molecule has 0 fully saturated rings. The first kappa shape index (κ1) is 13.8. The van der Waals surface area contributed by atoms with Gasteiger partial charge in [0.1, 0.15) is 17.5 Å². The van der Waals surface area contributed by atoms with Gasteiger partial charge in [-0.3, -0.25) is 4.98 Å². The number of nitrogen functional groups attached to an aromatic ring is 1. The van der Waals surface area contributed by atoms with Gasteiger partial charge in [-0.1, -0.05) is 24.3 Å². The fourth-order valence-electron chi connectivity index (χ4n) is 2.03. The Balaban J connectivity index is 1.97. The third-order valence-corrected chi connectivity index (χ3v) is 3.06. The molecule has 3 rings (SSSR count). The van der Waals surface area contributed by atoms with Crippen molar-refractivity contribution < 1.29 is 4.74 Å². The maximum absolute atomic E-state index is 6.05. The van der Waals surface area contributed by atoms with E-state index in [2.05, 4.69) is 26.8 Å². The topological polar surface area (TPSA) is 86.0 Å². The molecule has 6 heteroatoms. The van der Waals surface area contributed by atoms with Crippen molar-refractivity contribution in [2.45, 2.75) is 0 Å². The molecule has 6 nitrogen and oxygen atoms in total. The first-order chi connectivity index (χ1) is 10.8. The van der Waals surface area contributed by atoms with Crippen molar-refractivity contribution in [3.8, 4) is 11.6 Å². The number of nitrogens with one attached hydrogen (secondary N) is 1. The third-order valence-electron chi connectivity index (χ3n) is 3.06. The molecular formula is C16H15N5O. The highest BCUT2D eigenvalue weighted by molar-refractivity contribution is 5.84. The average molecular weight is 293 g/mol. The molecule has 0 atom stereocenters. The van der Waals surface area contributed by atoms with Gasteiger partial charge in [0.15, 0.2) is 11.6 Å². The number of nitrogens with zero attached hydrogens (tertiary/aromatic N) is 3. The van der Waals surface area contributed by atoms with Crippen molar-refractivity contribution >= 4 is 22.4 Å². The lowest BCUT2D eigenvalue weighted by Gasteiger charge is -2.11. The summed E-state index contributed by atoms with van der Waals surface area (Å²) in [6, 6.07) is 9.54. The standard InChI is InChI=1S/C16H15N5O/c1-2-8-19-15-13(17)16(21-10-20-15)22-12-7-3-5-11-6-4-9-18-14(11)12/h2-7,9-10H,1,8,17H2,(H,19,20,21). The van der Waals surface area contributed by atoms with Crippen LogP contribution in [-0.4, -0.2) is 21.5 Å². The normalized spacial score (nSPS) is 10.4. The number of rotatable bonds is 5. The second-order valence-electron chi connectivity index (χ2n) is 4.54. The van der Waals surface area contributed by atoms with E-state index in [4.69, 9.17) is 10.5 Å². The lowest BCUT2D eigenvalue weighted by atomic mass is 10.2. The molecule has 0 aliphatic heterocycles. The minimum atomic E-state index is 0.291. The van der Waals surface area contributed by atoms with Crippen molar-refractivity contribution in [1.29, 1.82) is 0 Å². The molecule has 0 aliphatic rings. The number of fused-ring (bicyclic) bond motifs is 1. The first-order valence-electron chi connectivity index (χ1n) is 6.76. The van der Waals surface area contributed by atoms with Crippen LogP contribution in [0.1, 0.15) is 0 Å². The maximum atomic E-state index is 6.05. The summed E-state index contributed by atoms with van der Waals surface area (Å²) in [4.78, 5) is 12.5. The quantitative estimate of drug-likeness (QED) is 0.703. The molecule has 0 saturated carbocycles. The Morgan fingerprint density at radius 3 is 2.91 bits per heavy atom. The summed E-state index contributed by atoms with van der Waals surface area (Å²) in [6.45, 7) is 4.20. The van der Waals surface area contributed by atoms with Crippen LogP contribution in [0.25, 0.3) is 10.9 Å². The van der Waals surface area contributed by atoms with E-state index in [9.17, 15) is 0 Å². The molecule has 0 radical (unpaired) electrons. The van der Waals surface area contributed by atoms with Crippen LogP contribution in [0.5, 0.6) is 11.6 Å². The van der Waals surface area contributed by atoms with Crippen LogP contribution in [0, 0.1) is 0 Å². The molecule has 1 aromatic carbocycles. The number of benzene rings is 1. The smallest absolute Gasteiger partial charge is 0.248 e. The van der Waals surface area contributed by atoms with Crippen LogP contribution < -0.4 is 15.8 Å². The van der Waals surface area contributed by atoms with E-state index in [1.807, 2.05) is 30.3 Å². The molecule has 0 saturated heterocycles. The number of para-hydroxylation sites is 1. The highest BCUT2D eigenvalue weighted by atomic mass is 16.5. The minimum absolute atomic E-state index is 0.291. The van der Waals surface area contributed by atoms with E-state index in [0.29, 0.717) is 29.7 Å². The molecule has 3 N–H and O–H groups in total. The molecule has 3 aromatic rings. The summed E-state index contributed by atoms with van der Waals surface area (Å²) in [5, 5.41) is 4.02. The number of anilines is 2. The summed E-state index contributed by atoms with van der Waals surface area (Å²) in [7, 11) is 0. The fourth-order valence-corrected chi connectivity index (χ4v) is 2.03. The fraction of sp³-hybridized carbons (Fsp3) is 0.0625. The van der Waals surface area contributed by atoms with Crippen LogP contribution in [0.3, 0.4) is 0 Å². The second kappa shape index (κ2) is 6.09. The van der Waals surface area contributed by atoms with E-state index < -0.39 is 0 Å². The van der Waals surface area contributed by atoms with Gasteiger partial charge in [0, 0.05) is 18.1 Å². The van der Waals surface area contributed by atoms with E-state index in [1.54, 1.807) is 12.3 Å². The second-order valence-corrected chi connectivity index (χ2v) is 4.54. The highest BCUT2D eigenvalue weighted by Crippen LogP contribution is 2.32. The minimum Gasteiger partial charge on any atom is -0.435 e. The Morgan fingerprint density at radius 2 is 2.05 bits per heavy atom.